The summed E-state index contributed by atoms with van der Waals surface area (Å²) in [4.78, 5) is 54.5. The van der Waals surface area contributed by atoms with Crippen molar-refractivity contribution in [3.63, 3.8) is 0 Å². The monoisotopic (exact) mass is 520 g/mol. The lowest BCUT2D eigenvalue weighted by atomic mass is 9.95. The zero-order valence-electron chi connectivity index (χ0n) is 22.9. The van der Waals surface area contributed by atoms with Crippen molar-refractivity contribution >= 4 is 23.6 Å². The molecule has 2 unspecified atom stereocenters. The number of rotatable bonds is 10. The molecule has 4 rings (SSSR count). The zero-order chi connectivity index (χ0) is 27.8. The van der Waals surface area contributed by atoms with Gasteiger partial charge >= 0.3 is 5.97 Å². The number of carbonyl (C=O) groups excluding carboxylic acids is 4. The highest BCUT2D eigenvalue weighted by Gasteiger charge is 2.37. The lowest BCUT2D eigenvalue weighted by Gasteiger charge is -2.29. The minimum atomic E-state index is -1.14. The Morgan fingerprint density at radius 2 is 1.24 bits per heavy atom. The van der Waals surface area contributed by atoms with Gasteiger partial charge in [-0.25, -0.2) is 4.79 Å². The summed E-state index contributed by atoms with van der Waals surface area (Å²) < 4.78 is 11.7. The van der Waals surface area contributed by atoms with Crippen LogP contribution in [0.5, 0.6) is 0 Å². The first kappa shape index (κ1) is 27.5. The van der Waals surface area contributed by atoms with Crippen LogP contribution < -0.4 is 0 Å². The molecular formula is C30H36N2O6. The van der Waals surface area contributed by atoms with Crippen LogP contribution in [-0.4, -0.2) is 76.3 Å². The number of carbonyl (C=O) groups is 4. The van der Waals surface area contributed by atoms with Crippen LogP contribution >= 0.6 is 0 Å². The van der Waals surface area contributed by atoms with Crippen LogP contribution in [-0.2, 0) is 9.47 Å². The Morgan fingerprint density at radius 1 is 0.789 bits per heavy atom. The second kappa shape index (κ2) is 10.3. The quantitative estimate of drug-likeness (QED) is 0.262. The van der Waals surface area contributed by atoms with Gasteiger partial charge in [0.1, 0.15) is 11.2 Å². The minimum Gasteiger partial charge on any atom is -0.456 e. The molecule has 2 aliphatic rings. The maximum atomic E-state index is 13.2. The fourth-order valence-electron chi connectivity index (χ4n) is 4.27. The number of ether oxygens (including phenoxy) is 2. The molecule has 2 amide bonds. The molecule has 0 aliphatic carbocycles. The molecule has 202 valence electrons. The van der Waals surface area contributed by atoms with Gasteiger partial charge in [-0.05, 0) is 71.9 Å². The molecule has 2 aromatic carbocycles. The first-order chi connectivity index (χ1) is 17.8. The molecule has 0 radical (unpaired) electrons. The van der Waals surface area contributed by atoms with Crippen LogP contribution in [0.2, 0.25) is 0 Å². The van der Waals surface area contributed by atoms with Crippen molar-refractivity contribution in [1.29, 1.82) is 0 Å². The molecule has 2 aromatic rings. The lowest BCUT2D eigenvalue weighted by Crippen LogP contribution is -2.38. The Labute approximate surface area is 223 Å². The molecule has 2 aliphatic heterocycles. The smallest absolute Gasteiger partial charge is 0.338 e. The highest BCUT2D eigenvalue weighted by molar-refractivity contribution is 6.04. The zero-order valence-corrected chi connectivity index (χ0v) is 22.9. The summed E-state index contributed by atoms with van der Waals surface area (Å²) in [7, 11) is 0. The van der Waals surface area contributed by atoms with E-state index in [0.717, 1.165) is 13.1 Å². The number of benzene rings is 2. The maximum Gasteiger partial charge on any atom is 0.338 e. The van der Waals surface area contributed by atoms with Crippen molar-refractivity contribution in [2.45, 2.75) is 71.2 Å². The number of hydrogen-bond acceptors (Lipinski definition) is 6. The second-order valence-electron chi connectivity index (χ2n) is 11.4. The third-order valence-corrected chi connectivity index (χ3v) is 7.04. The molecule has 0 N–H and O–H groups in total. The summed E-state index contributed by atoms with van der Waals surface area (Å²) in [5.41, 5.74) is -0.349. The summed E-state index contributed by atoms with van der Waals surface area (Å²) in [6.07, 6.45) is 0.352. The van der Waals surface area contributed by atoms with Crippen molar-refractivity contribution in [2.24, 2.45) is 0 Å². The summed E-state index contributed by atoms with van der Waals surface area (Å²) in [5, 5.41) is 0. The molecule has 8 nitrogen and oxygen atoms in total. The fraction of sp³-hybridized carbons (Fsp3) is 0.467. The van der Waals surface area contributed by atoms with Crippen molar-refractivity contribution in [1.82, 2.24) is 9.80 Å². The van der Waals surface area contributed by atoms with E-state index in [1.54, 1.807) is 86.0 Å². The van der Waals surface area contributed by atoms with Crippen molar-refractivity contribution in [2.75, 3.05) is 19.7 Å². The van der Waals surface area contributed by atoms with Gasteiger partial charge in [-0.2, -0.15) is 0 Å². The van der Waals surface area contributed by atoms with E-state index < -0.39 is 17.2 Å². The standard InChI is InChI=1S/C30H36N2O6/c1-19-17-31(19)26(34)22-10-7-9-21(15-22)25(33)30(5,6)37-14-13-29(3,4)38-28(36)24-12-8-11-23(16-24)27(35)32-18-20(32)2/h7-12,15-16,19-20H,13-14,17-18H2,1-6H3. The number of hydrogen-bond donors (Lipinski definition) is 0. The number of nitrogens with zero attached hydrogens (tertiary/aromatic N) is 2. The van der Waals surface area contributed by atoms with Crippen LogP contribution in [0.1, 0.15) is 89.4 Å². The largest absolute Gasteiger partial charge is 0.456 e. The van der Waals surface area contributed by atoms with E-state index in [1.807, 2.05) is 13.8 Å². The maximum absolute atomic E-state index is 13.2. The van der Waals surface area contributed by atoms with E-state index in [1.165, 1.54) is 0 Å². The van der Waals surface area contributed by atoms with Crippen LogP contribution in [0.25, 0.3) is 0 Å². The van der Waals surface area contributed by atoms with E-state index in [9.17, 15) is 19.2 Å². The van der Waals surface area contributed by atoms with Gasteiger partial charge < -0.3 is 19.3 Å². The van der Waals surface area contributed by atoms with Gasteiger partial charge in [0, 0.05) is 48.3 Å². The first-order valence-electron chi connectivity index (χ1n) is 13.0. The minimum absolute atomic E-state index is 0.0797. The van der Waals surface area contributed by atoms with Crippen LogP contribution in [0, 0.1) is 0 Å². The number of Topliss-reactive ketones (excluding diaryl/α,β-unsaturated/α-hetero) is 1. The van der Waals surface area contributed by atoms with Gasteiger partial charge in [0.25, 0.3) is 11.8 Å². The van der Waals surface area contributed by atoms with Gasteiger partial charge in [0.15, 0.2) is 5.78 Å². The number of esters is 1. The van der Waals surface area contributed by atoms with Crippen molar-refractivity contribution < 1.29 is 28.7 Å². The average Bonchev–Trinajstić information content (AvgIpc) is 3.79. The lowest BCUT2D eigenvalue weighted by molar-refractivity contribution is -0.0438. The first-order valence-corrected chi connectivity index (χ1v) is 13.0. The van der Waals surface area contributed by atoms with E-state index in [4.69, 9.17) is 9.47 Å². The topological polar surface area (TPSA) is 92.8 Å². The van der Waals surface area contributed by atoms with E-state index >= 15 is 0 Å². The van der Waals surface area contributed by atoms with E-state index in [2.05, 4.69) is 0 Å². The molecule has 2 saturated heterocycles. The molecule has 2 heterocycles. The van der Waals surface area contributed by atoms with Crippen LogP contribution in [0.15, 0.2) is 48.5 Å². The molecule has 2 atom stereocenters. The Kier molecular flexibility index (Phi) is 7.48. The van der Waals surface area contributed by atoms with Gasteiger partial charge in [-0.15, -0.1) is 0 Å². The summed E-state index contributed by atoms with van der Waals surface area (Å²) >= 11 is 0. The van der Waals surface area contributed by atoms with Gasteiger partial charge in [0.05, 0.1) is 12.2 Å². The average molecular weight is 521 g/mol. The molecule has 0 aromatic heterocycles. The molecule has 0 saturated carbocycles. The Balaban J connectivity index is 1.32. The van der Waals surface area contributed by atoms with E-state index in [0.29, 0.717) is 28.7 Å². The summed E-state index contributed by atoms with van der Waals surface area (Å²) in [6, 6.07) is 13.7. The third kappa shape index (κ3) is 6.30. The van der Waals surface area contributed by atoms with Gasteiger partial charge in [-0.1, -0.05) is 18.2 Å². The highest BCUT2D eigenvalue weighted by Crippen LogP contribution is 2.25. The molecule has 38 heavy (non-hydrogen) atoms. The van der Waals surface area contributed by atoms with Crippen molar-refractivity contribution in [3.05, 3.63) is 70.8 Å². The predicted molar refractivity (Wildman–Crippen MR) is 142 cm³/mol. The highest BCUT2D eigenvalue weighted by atomic mass is 16.6. The third-order valence-electron chi connectivity index (χ3n) is 7.04. The van der Waals surface area contributed by atoms with Crippen LogP contribution in [0.3, 0.4) is 0 Å². The second-order valence-corrected chi connectivity index (χ2v) is 11.4. The summed E-state index contributed by atoms with van der Waals surface area (Å²) in [6.45, 7) is 12.5. The van der Waals surface area contributed by atoms with Gasteiger partial charge in [0.2, 0.25) is 0 Å². The Morgan fingerprint density at radius 3 is 1.74 bits per heavy atom. The molecule has 0 bridgehead atoms. The fourth-order valence-corrected chi connectivity index (χ4v) is 4.27. The summed E-state index contributed by atoms with van der Waals surface area (Å²) in [5.74, 6) is -0.936. The molecular weight excluding hydrogens is 484 g/mol. The van der Waals surface area contributed by atoms with E-state index in [-0.39, 0.29) is 36.3 Å². The van der Waals surface area contributed by atoms with Gasteiger partial charge in [-0.3, -0.25) is 14.4 Å². The molecule has 0 spiro atoms. The predicted octanol–water partition coefficient (Wildman–Crippen LogP) is 4.38. The van der Waals surface area contributed by atoms with Crippen LogP contribution in [0.4, 0.5) is 0 Å². The number of amides is 2. The SMILES string of the molecule is CC1CN1C(=O)c1cccc(C(=O)OC(C)(C)CCOC(C)(C)C(=O)c2cccc(C(=O)N3CC3C)c2)c1. The molecule has 2 fully saturated rings. The normalized spacial score (nSPS) is 18.7. The Hall–Kier alpha value is -3.52. The molecule has 8 heteroatoms. The van der Waals surface area contributed by atoms with Crippen molar-refractivity contribution in [3.8, 4) is 0 Å². The Bertz CT molecular complexity index is 1270. The number of ketones is 1.